The standard InChI is InChI=1S/Fe.2H3N.H2O7S2/c;;;1-8(2,3)7-9(4,5)6/h;2*1H3;(H,1,2,3)(H,4,5,6)/q+3;;;/p-2. The van der Waals surface area contributed by atoms with E-state index in [1.165, 1.54) is 0 Å². The van der Waals surface area contributed by atoms with Gasteiger partial charge in [-0.25, -0.2) is 16.8 Å². The fraction of sp³-hybridized carbons (Fsp3) is 0. The van der Waals surface area contributed by atoms with Crippen LogP contribution in [0.2, 0.25) is 0 Å². The Morgan fingerprint density at radius 2 is 1.00 bits per heavy atom. The third-order valence-electron chi connectivity index (χ3n) is 0.167. The quantitative estimate of drug-likeness (QED) is 0.330. The topological polar surface area (TPSA) is 194 Å². The SMILES string of the molecule is N.N.O=S(=O)([O-])OS(=O)(=O)[O-].[Fe+3]. The third kappa shape index (κ3) is 22.5. The summed E-state index contributed by atoms with van der Waals surface area (Å²) in [6.07, 6.45) is 0. The molecule has 77 valence electrons. The van der Waals surface area contributed by atoms with E-state index in [-0.39, 0.29) is 29.4 Å². The average molecular weight is 266 g/mol. The Bertz CT molecular complexity index is 245. The van der Waals surface area contributed by atoms with E-state index in [9.17, 15) is 25.9 Å². The van der Waals surface area contributed by atoms with Crippen LogP contribution >= 0.6 is 0 Å². The van der Waals surface area contributed by atoms with Crippen molar-refractivity contribution in [1.82, 2.24) is 12.3 Å². The van der Waals surface area contributed by atoms with Crippen molar-refractivity contribution < 1.29 is 46.6 Å². The molecule has 1 radical (unpaired) electrons. The van der Waals surface area contributed by atoms with Crippen molar-refractivity contribution in [2.24, 2.45) is 0 Å². The molecule has 0 aliphatic carbocycles. The molecular formula is H6FeN2O7S2+. The Balaban J connectivity index is -0.000000107. The van der Waals surface area contributed by atoms with E-state index >= 15 is 0 Å². The average Bonchev–Trinajstić information content (AvgIpc) is 1.14. The number of rotatable bonds is 2. The zero-order valence-electron chi connectivity index (χ0n) is 5.44. The van der Waals surface area contributed by atoms with Crippen molar-refractivity contribution in [2.75, 3.05) is 0 Å². The van der Waals surface area contributed by atoms with Crippen molar-refractivity contribution in [3.63, 3.8) is 0 Å². The van der Waals surface area contributed by atoms with Crippen LogP contribution in [0.1, 0.15) is 0 Å². The summed E-state index contributed by atoms with van der Waals surface area (Å²) in [7, 11) is -10.9. The Hall–Kier alpha value is 0.219. The monoisotopic (exact) mass is 266 g/mol. The van der Waals surface area contributed by atoms with Gasteiger partial charge in [-0.1, -0.05) is 0 Å². The molecule has 0 aromatic heterocycles. The van der Waals surface area contributed by atoms with Gasteiger partial charge in [-0.3, -0.25) is 0 Å². The molecule has 6 N–H and O–H groups in total. The van der Waals surface area contributed by atoms with Crippen LogP contribution in [0.5, 0.6) is 0 Å². The summed E-state index contributed by atoms with van der Waals surface area (Å²) in [4.78, 5) is 0. The molecule has 9 nitrogen and oxygen atoms in total. The van der Waals surface area contributed by atoms with Gasteiger partial charge in [-0.15, -0.1) is 0 Å². The van der Waals surface area contributed by atoms with Crippen LogP contribution in [0.15, 0.2) is 0 Å². The van der Waals surface area contributed by atoms with E-state index in [1.54, 1.807) is 0 Å². The third-order valence-corrected chi connectivity index (χ3v) is 1.50. The normalized spacial score (nSPS) is 10.2. The largest absolute Gasteiger partial charge is 3.00 e. The first-order chi connectivity index (χ1) is 3.71. The molecule has 0 heterocycles. The van der Waals surface area contributed by atoms with E-state index < -0.39 is 20.8 Å². The van der Waals surface area contributed by atoms with Crippen LogP contribution in [0, 0.1) is 0 Å². The molecule has 0 saturated heterocycles. The first-order valence-electron chi connectivity index (χ1n) is 1.33. The second-order valence-electron chi connectivity index (χ2n) is 0.885. The summed E-state index contributed by atoms with van der Waals surface area (Å²) in [5.74, 6) is 0. The molecule has 0 aromatic carbocycles. The molecule has 0 rings (SSSR count). The maximum Gasteiger partial charge on any atom is 3.00 e. The van der Waals surface area contributed by atoms with Crippen LogP contribution in [0.25, 0.3) is 0 Å². The first kappa shape index (κ1) is 22.8. The fourth-order valence-electron chi connectivity index (χ4n) is 0.102. The minimum Gasteiger partial charge on any atom is -0.725 e. The fourth-order valence-corrected chi connectivity index (χ4v) is 0.919. The van der Waals surface area contributed by atoms with Gasteiger partial charge in [-0.2, -0.15) is 3.63 Å². The van der Waals surface area contributed by atoms with Crippen molar-refractivity contribution in [3.8, 4) is 0 Å². The van der Waals surface area contributed by atoms with Gasteiger partial charge in [0.15, 0.2) is 0 Å². The Kier molecular flexibility index (Phi) is 12.7. The summed E-state index contributed by atoms with van der Waals surface area (Å²) in [6, 6.07) is 0. The summed E-state index contributed by atoms with van der Waals surface area (Å²) in [6.45, 7) is 0. The molecule has 12 heteroatoms. The Morgan fingerprint density at radius 3 is 1.00 bits per heavy atom. The van der Waals surface area contributed by atoms with Crippen molar-refractivity contribution in [3.05, 3.63) is 0 Å². The molecule has 0 bridgehead atoms. The van der Waals surface area contributed by atoms with Gasteiger partial charge in [0.25, 0.3) is 0 Å². The van der Waals surface area contributed by atoms with E-state index in [0.717, 1.165) is 0 Å². The van der Waals surface area contributed by atoms with Crippen LogP contribution in [-0.4, -0.2) is 25.9 Å². The first-order valence-corrected chi connectivity index (χ1v) is 4.00. The molecule has 0 spiro atoms. The smallest absolute Gasteiger partial charge is 0.725 e. The Labute approximate surface area is 80.0 Å². The van der Waals surface area contributed by atoms with Crippen molar-refractivity contribution in [1.29, 1.82) is 0 Å². The van der Waals surface area contributed by atoms with Crippen molar-refractivity contribution in [2.45, 2.75) is 0 Å². The minimum absolute atomic E-state index is 0. The molecule has 0 unspecified atom stereocenters. The molecule has 0 saturated carbocycles. The molecular weight excluding hydrogens is 260 g/mol. The maximum atomic E-state index is 9.29. The van der Waals surface area contributed by atoms with Crippen molar-refractivity contribution >= 4 is 20.8 Å². The van der Waals surface area contributed by atoms with E-state index in [4.69, 9.17) is 0 Å². The van der Waals surface area contributed by atoms with Gasteiger partial charge < -0.3 is 21.4 Å². The van der Waals surface area contributed by atoms with Gasteiger partial charge in [-0.05, 0) is 0 Å². The van der Waals surface area contributed by atoms with Gasteiger partial charge in [0.1, 0.15) is 0 Å². The molecule has 0 aromatic rings. The second-order valence-corrected chi connectivity index (χ2v) is 3.06. The number of hydrogen-bond donors (Lipinski definition) is 2. The predicted octanol–water partition coefficient (Wildman–Crippen LogP) is -1.76. The molecule has 0 amide bonds. The molecule has 0 aliphatic heterocycles. The number of hydrogen-bond acceptors (Lipinski definition) is 9. The second kappa shape index (κ2) is 6.71. The zero-order chi connectivity index (χ0) is 7.71. The molecule has 0 fully saturated rings. The summed E-state index contributed by atoms with van der Waals surface area (Å²) < 4.78 is 58.2. The van der Waals surface area contributed by atoms with Gasteiger partial charge in [0.2, 0.25) is 20.8 Å². The van der Waals surface area contributed by atoms with Crippen LogP contribution in [0.3, 0.4) is 0 Å². The molecule has 0 aliphatic rings. The Morgan fingerprint density at radius 1 is 0.833 bits per heavy atom. The molecule has 0 atom stereocenters. The van der Waals surface area contributed by atoms with Crippen LogP contribution < -0.4 is 12.3 Å². The van der Waals surface area contributed by atoms with Gasteiger partial charge in [0.05, 0.1) is 0 Å². The minimum atomic E-state index is -5.43. The van der Waals surface area contributed by atoms with Crippen LogP contribution in [-0.2, 0) is 41.5 Å². The van der Waals surface area contributed by atoms with E-state index in [2.05, 4.69) is 3.63 Å². The summed E-state index contributed by atoms with van der Waals surface area (Å²) in [5, 5.41) is 0. The molecule has 12 heavy (non-hydrogen) atoms. The van der Waals surface area contributed by atoms with E-state index in [0.29, 0.717) is 0 Å². The summed E-state index contributed by atoms with van der Waals surface area (Å²) in [5.41, 5.74) is 0. The zero-order valence-corrected chi connectivity index (χ0v) is 8.18. The maximum absolute atomic E-state index is 9.29. The predicted molar refractivity (Wildman–Crippen MR) is 30.5 cm³/mol. The van der Waals surface area contributed by atoms with Gasteiger partial charge >= 0.3 is 17.1 Å². The van der Waals surface area contributed by atoms with Crippen LogP contribution in [0.4, 0.5) is 0 Å². The summed E-state index contributed by atoms with van der Waals surface area (Å²) >= 11 is 0. The van der Waals surface area contributed by atoms with Gasteiger partial charge in [0, 0.05) is 0 Å². The van der Waals surface area contributed by atoms with E-state index in [1.807, 2.05) is 0 Å².